The first kappa shape index (κ1) is 25.3. The second kappa shape index (κ2) is 10.5. The first-order chi connectivity index (χ1) is 16.7. The SMILES string of the molecule is CN(C)CCn1c(=O)c(C#N)c(N2CCN(C(=O)c3ccc(Cl)c(Cl)c3)CC2)c2cc(Cl)ccc21. The van der Waals surface area contributed by atoms with E-state index in [4.69, 9.17) is 34.8 Å². The minimum absolute atomic E-state index is 0.0859. The van der Waals surface area contributed by atoms with Gasteiger partial charge in [0.1, 0.15) is 11.6 Å². The number of piperazine rings is 1. The van der Waals surface area contributed by atoms with E-state index in [-0.39, 0.29) is 17.0 Å². The number of halogens is 3. The van der Waals surface area contributed by atoms with Crippen LogP contribution in [0.5, 0.6) is 0 Å². The number of nitrogens with zero attached hydrogens (tertiary/aromatic N) is 5. The summed E-state index contributed by atoms with van der Waals surface area (Å²) in [5.41, 5.74) is 1.52. The fraction of sp³-hybridized carbons (Fsp3) is 0.320. The summed E-state index contributed by atoms with van der Waals surface area (Å²) in [6.07, 6.45) is 0. The minimum atomic E-state index is -0.325. The number of carbonyl (C=O) groups excluding carboxylic acids is 1. The van der Waals surface area contributed by atoms with Crippen molar-refractivity contribution < 1.29 is 4.79 Å². The van der Waals surface area contributed by atoms with Gasteiger partial charge in [-0.05, 0) is 50.5 Å². The lowest BCUT2D eigenvalue weighted by Gasteiger charge is -2.37. The number of pyridine rings is 1. The zero-order valence-electron chi connectivity index (χ0n) is 19.4. The average Bonchev–Trinajstić information content (AvgIpc) is 2.84. The second-order valence-corrected chi connectivity index (χ2v) is 9.92. The number of aromatic nitrogens is 1. The van der Waals surface area contributed by atoms with Gasteiger partial charge in [-0.15, -0.1) is 0 Å². The van der Waals surface area contributed by atoms with Gasteiger partial charge in [-0.2, -0.15) is 5.26 Å². The van der Waals surface area contributed by atoms with Crippen LogP contribution in [-0.2, 0) is 6.54 Å². The highest BCUT2D eigenvalue weighted by molar-refractivity contribution is 6.42. The highest BCUT2D eigenvalue weighted by Gasteiger charge is 2.27. The standard InChI is InChI=1S/C25H24Cl3N5O2/c1-30(2)7-12-33-22-6-4-17(26)14-18(22)23(19(15-29)25(33)35)31-8-10-32(11-9-31)24(34)16-3-5-20(27)21(28)13-16/h3-6,13-14H,7-12H2,1-2H3. The zero-order chi connectivity index (χ0) is 25.3. The highest BCUT2D eigenvalue weighted by Crippen LogP contribution is 2.32. The Labute approximate surface area is 218 Å². The van der Waals surface area contributed by atoms with E-state index in [9.17, 15) is 14.9 Å². The van der Waals surface area contributed by atoms with Crippen molar-refractivity contribution in [3.8, 4) is 6.07 Å². The van der Waals surface area contributed by atoms with Crippen LogP contribution in [0.3, 0.4) is 0 Å². The number of amides is 1. The Balaban J connectivity index is 1.68. The maximum atomic E-state index is 13.4. The summed E-state index contributed by atoms with van der Waals surface area (Å²) in [5, 5.41) is 12.0. The molecule has 0 aliphatic carbocycles. The van der Waals surface area contributed by atoms with Crippen LogP contribution in [-0.4, -0.2) is 67.1 Å². The maximum absolute atomic E-state index is 13.4. The summed E-state index contributed by atoms with van der Waals surface area (Å²) < 4.78 is 1.64. The number of carbonyl (C=O) groups is 1. The zero-order valence-corrected chi connectivity index (χ0v) is 21.7. The van der Waals surface area contributed by atoms with Crippen molar-refractivity contribution in [2.24, 2.45) is 0 Å². The van der Waals surface area contributed by atoms with Gasteiger partial charge in [0.25, 0.3) is 11.5 Å². The Morgan fingerprint density at radius 1 is 1.03 bits per heavy atom. The van der Waals surface area contributed by atoms with Crippen molar-refractivity contribution in [3.05, 3.63) is 72.9 Å². The van der Waals surface area contributed by atoms with Crippen LogP contribution in [0.1, 0.15) is 15.9 Å². The van der Waals surface area contributed by atoms with Crippen LogP contribution in [0.4, 0.5) is 5.69 Å². The smallest absolute Gasteiger partial charge is 0.271 e. The predicted octanol–water partition coefficient (Wildman–Crippen LogP) is 4.36. The van der Waals surface area contributed by atoms with Gasteiger partial charge in [0.05, 0.1) is 21.2 Å². The van der Waals surface area contributed by atoms with E-state index in [1.54, 1.807) is 39.8 Å². The van der Waals surface area contributed by atoms with Crippen molar-refractivity contribution in [3.63, 3.8) is 0 Å². The van der Waals surface area contributed by atoms with E-state index in [1.165, 1.54) is 0 Å². The molecule has 0 bridgehead atoms. The summed E-state index contributed by atoms with van der Waals surface area (Å²) in [6.45, 7) is 2.88. The second-order valence-electron chi connectivity index (χ2n) is 8.67. The molecule has 1 aliphatic heterocycles. The third-order valence-electron chi connectivity index (χ3n) is 6.13. The van der Waals surface area contributed by atoms with Crippen LogP contribution in [0.2, 0.25) is 15.1 Å². The van der Waals surface area contributed by atoms with Crippen molar-refractivity contribution in [2.45, 2.75) is 6.54 Å². The Kier molecular flexibility index (Phi) is 7.58. The van der Waals surface area contributed by atoms with Gasteiger partial charge < -0.3 is 19.3 Å². The van der Waals surface area contributed by atoms with E-state index in [1.807, 2.05) is 30.0 Å². The summed E-state index contributed by atoms with van der Waals surface area (Å²) in [6, 6.07) is 12.3. The molecule has 1 fully saturated rings. The predicted molar refractivity (Wildman–Crippen MR) is 141 cm³/mol. The summed E-state index contributed by atoms with van der Waals surface area (Å²) in [5.74, 6) is -0.143. The van der Waals surface area contributed by atoms with Gasteiger partial charge in [0, 0.05) is 55.2 Å². The van der Waals surface area contributed by atoms with Crippen LogP contribution >= 0.6 is 34.8 Å². The molecule has 1 aromatic heterocycles. The summed E-state index contributed by atoms with van der Waals surface area (Å²) >= 11 is 18.4. The first-order valence-electron chi connectivity index (χ1n) is 11.1. The van der Waals surface area contributed by atoms with Crippen molar-refractivity contribution in [1.82, 2.24) is 14.4 Å². The van der Waals surface area contributed by atoms with Gasteiger partial charge >= 0.3 is 0 Å². The molecule has 0 spiro atoms. The molecule has 1 saturated heterocycles. The summed E-state index contributed by atoms with van der Waals surface area (Å²) in [7, 11) is 3.87. The van der Waals surface area contributed by atoms with E-state index in [2.05, 4.69) is 6.07 Å². The van der Waals surface area contributed by atoms with Gasteiger partial charge in [-0.25, -0.2) is 0 Å². The number of nitriles is 1. The van der Waals surface area contributed by atoms with Crippen LogP contribution in [0.25, 0.3) is 10.9 Å². The number of likely N-dealkylation sites (N-methyl/N-ethyl adjacent to an activating group) is 1. The number of benzene rings is 2. The molecular weight excluding hydrogens is 509 g/mol. The number of fused-ring (bicyclic) bond motifs is 1. The van der Waals surface area contributed by atoms with Gasteiger partial charge in [-0.1, -0.05) is 34.8 Å². The molecule has 0 unspecified atom stereocenters. The number of hydrogen-bond donors (Lipinski definition) is 0. The molecule has 182 valence electrons. The van der Waals surface area contributed by atoms with Gasteiger partial charge in [0.15, 0.2) is 0 Å². The maximum Gasteiger partial charge on any atom is 0.271 e. The van der Waals surface area contributed by atoms with E-state index in [0.29, 0.717) is 65.6 Å². The average molecular weight is 533 g/mol. The Bertz CT molecular complexity index is 1390. The molecule has 2 aromatic carbocycles. The molecule has 3 aromatic rings. The first-order valence-corrected chi connectivity index (χ1v) is 12.2. The molecule has 2 heterocycles. The Morgan fingerprint density at radius 2 is 1.74 bits per heavy atom. The molecule has 0 saturated carbocycles. The fourth-order valence-electron chi connectivity index (χ4n) is 4.31. The minimum Gasteiger partial charge on any atom is -0.366 e. The van der Waals surface area contributed by atoms with E-state index < -0.39 is 0 Å². The Morgan fingerprint density at radius 3 is 2.37 bits per heavy atom. The van der Waals surface area contributed by atoms with Crippen molar-refractivity contribution in [1.29, 1.82) is 5.26 Å². The third kappa shape index (κ3) is 5.12. The van der Waals surface area contributed by atoms with Crippen molar-refractivity contribution >= 4 is 57.3 Å². The molecule has 1 amide bonds. The number of hydrogen-bond acceptors (Lipinski definition) is 5. The molecule has 10 heteroatoms. The number of anilines is 1. The van der Waals surface area contributed by atoms with Crippen LogP contribution in [0.15, 0.2) is 41.2 Å². The lowest BCUT2D eigenvalue weighted by atomic mass is 10.1. The molecular formula is C25H24Cl3N5O2. The molecule has 35 heavy (non-hydrogen) atoms. The largest absolute Gasteiger partial charge is 0.366 e. The molecule has 1 aliphatic rings. The topological polar surface area (TPSA) is 72.6 Å². The van der Waals surface area contributed by atoms with E-state index >= 15 is 0 Å². The third-order valence-corrected chi connectivity index (χ3v) is 7.11. The Hall–Kier alpha value is -2.76. The quantitative estimate of drug-likeness (QED) is 0.488. The van der Waals surface area contributed by atoms with E-state index in [0.717, 1.165) is 10.9 Å². The monoisotopic (exact) mass is 531 g/mol. The fourth-order valence-corrected chi connectivity index (χ4v) is 4.78. The lowest BCUT2D eigenvalue weighted by molar-refractivity contribution is 0.0747. The summed E-state index contributed by atoms with van der Waals surface area (Å²) in [4.78, 5) is 32.1. The van der Waals surface area contributed by atoms with Crippen LogP contribution in [0, 0.1) is 11.3 Å². The normalized spacial score (nSPS) is 14.0. The van der Waals surface area contributed by atoms with Crippen LogP contribution < -0.4 is 10.5 Å². The molecule has 0 radical (unpaired) electrons. The molecule has 4 rings (SSSR count). The molecule has 0 N–H and O–H groups in total. The lowest BCUT2D eigenvalue weighted by Crippen LogP contribution is -2.49. The van der Waals surface area contributed by atoms with Crippen molar-refractivity contribution in [2.75, 3.05) is 51.7 Å². The van der Waals surface area contributed by atoms with Gasteiger partial charge in [0.2, 0.25) is 0 Å². The highest BCUT2D eigenvalue weighted by atomic mass is 35.5. The molecule has 7 nitrogen and oxygen atoms in total. The number of rotatable bonds is 5. The molecule has 0 atom stereocenters. The van der Waals surface area contributed by atoms with Gasteiger partial charge in [-0.3, -0.25) is 9.59 Å².